The van der Waals surface area contributed by atoms with Crippen molar-refractivity contribution in [3.05, 3.63) is 0 Å². The van der Waals surface area contributed by atoms with Crippen LogP contribution < -0.4 is 0 Å². The molecule has 0 aromatic heterocycles. The van der Waals surface area contributed by atoms with Gasteiger partial charge in [-0.15, -0.1) is 0 Å². The molecule has 0 saturated heterocycles. The third-order valence-corrected chi connectivity index (χ3v) is 4.42. The maximum Gasteiger partial charge on any atom is 0.475 e. The second kappa shape index (κ2) is 9.88. The Balaban J connectivity index is 5.86. The summed E-state index contributed by atoms with van der Waals surface area (Å²) in [7, 11) is -6.72. The van der Waals surface area contributed by atoms with E-state index in [2.05, 4.69) is 13.6 Å². The molecule has 0 aliphatic heterocycles. The first kappa shape index (κ1) is 31.9. The Bertz CT molecular complexity index is 663. The van der Waals surface area contributed by atoms with Crippen LogP contribution in [0, 0.1) is 0 Å². The highest BCUT2D eigenvalue weighted by molar-refractivity contribution is 7.48. The van der Waals surface area contributed by atoms with Crippen LogP contribution in [0.3, 0.4) is 0 Å². The fourth-order valence-corrected chi connectivity index (χ4v) is 2.43. The maximum atomic E-state index is 13.3. The van der Waals surface area contributed by atoms with E-state index in [1.54, 1.807) is 0 Å². The van der Waals surface area contributed by atoms with Gasteiger partial charge in [0.25, 0.3) is 0 Å². The lowest BCUT2D eigenvalue weighted by Gasteiger charge is -2.34. The monoisotopic (exact) mass is 558 g/mol. The highest BCUT2D eigenvalue weighted by Crippen LogP contribution is 2.57. The summed E-state index contributed by atoms with van der Waals surface area (Å²) in [5.74, 6) is -32.5. The van der Waals surface area contributed by atoms with Crippen molar-refractivity contribution in [2.24, 2.45) is 0 Å². The van der Waals surface area contributed by atoms with Gasteiger partial charge in [-0.25, -0.2) is 22.1 Å². The molecule has 0 spiro atoms. The van der Waals surface area contributed by atoms with Gasteiger partial charge in [-0.05, 0) is 0 Å². The van der Waals surface area contributed by atoms with Crippen LogP contribution in [0.2, 0.25) is 0 Å². The second-order valence-corrected chi connectivity index (χ2v) is 7.41. The maximum absolute atomic E-state index is 13.3. The summed E-state index contributed by atoms with van der Waals surface area (Å²) in [6.07, 6.45) is -16.8. The smallest absolute Gasteiger partial charge is 0.280 e. The zero-order valence-electron chi connectivity index (χ0n) is 14.8. The van der Waals surface area contributed by atoms with Crippen molar-refractivity contribution in [3.8, 4) is 0 Å². The molecule has 0 aliphatic rings. The zero-order chi connectivity index (χ0) is 26.9. The van der Waals surface area contributed by atoms with Crippen LogP contribution in [0.15, 0.2) is 0 Å². The minimum Gasteiger partial charge on any atom is -0.280 e. The van der Waals surface area contributed by atoms with Crippen molar-refractivity contribution in [1.82, 2.24) is 0 Å². The SMILES string of the molecule is O=P(OCC(F)(F)C(F)F)(OCC(F)(F)C(F)F)OCC(F)(F)C(F)(F)C(F)(F)C(F)(F)F. The van der Waals surface area contributed by atoms with Crippen molar-refractivity contribution in [2.45, 2.75) is 48.6 Å². The molecule has 0 N–H and O–H groups in total. The Morgan fingerprint density at radius 1 is 0.545 bits per heavy atom. The molecule has 22 heteroatoms. The third-order valence-electron chi connectivity index (χ3n) is 3.08. The van der Waals surface area contributed by atoms with Gasteiger partial charge < -0.3 is 0 Å². The Hall–Kier alpha value is -1.08. The van der Waals surface area contributed by atoms with Crippen LogP contribution in [0.25, 0.3) is 0 Å². The molecule has 0 rings (SSSR count). The van der Waals surface area contributed by atoms with Crippen LogP contribution >= 0.6 is 7.82 Å². The van der Waals surface area contributed by atoms with Gasteiger partial charge in [0.15, 0.2) is 0 Å². The van der Waals surface area contributed by atoms with Gasteiger partial charge in [0.1, 0.15) is 19.8 Å². The minimum absolute atomic E-state index is 2.96. The van der Waals surface area contributed by atoms with Crippen LogP contribution in [0.4, 0.5) is 74.6 Å². The van der Waals surface area contributed by atoms with Crippen molar-refractivity contribution in [3.63, 3.8) is 0 Å². The summed E-state index contributed by atoms with van der Waals surface area (Å²) < 4.78 is 235. The first-order valence-electron chi connectivity index (χ1n) is 7.31. The topological polar surface area (TPSA) is 44.8 Å². The number of alkyl halides is 17. The zero-order valence-corrected chi connectivity index (χ0v) is 15.7. The molecule has 0 aromatic rings. The van der Waals surface area contributed by atoms with Gasteiger partial charge in [-0.1, -0.05) is 0 Å². The first-order chi connectivity index (χ1) is 14.3. The predicted molar refractivity (Wildman–Crippen MR) is 68.3 cm³/mol. The molecular formula is C11H8F17O4P. The number of hydrogen-bond donors (Lipinski definition) is 0. The Morgan fingerprint density at radius 3 is 1.12 bits per heavy atom. The molecule has 0 heterocycles. The summed E-state index contributed by atoms with van der Waals surface area (Å²) >= 11 is 0. The van der Waals surface area contributed by atoms with E-state index in [1.807, 2.05) is 0 Å². The molecule has 33 heavy (non-hydrogen) atoms. The van der Waals surface area contributed by atoms with E-state index in [0.717, 1.165) is 0 Å². The number of halogens is 17. The largest absolute Gasteiger partial charge is 0.475 e. The summed E-state index contributed by atoms with van der Waals surface area (Å²) in [6, 6.07) is 0. The molecule has 0 bridgehead atoms. The van der Waals surface area contributed by atoms with Crippen LogP contribution in [0.5, 0.6) is 0 Å². The van der Waals surface area contributed by atoms with Gasteiger partial charge in [0.05, 0.1) is 0 Å². The first-order valence-corrected chi connectivity index (χ1v) is 8.77. The lowest BCUT2D eigenvalue weighted by Crippen LogP contribution is -2.62. The lowest BCUT2D eigenvalue weighted by molar-refractivity contribution is -0.398. The van der Waals surface area contributed by atoms with E-state index in [9.17, 15) is 79.2 Å². The highest BCUT2D eigenvalue weighted by Gasteiger charge is 2.81. The van der Waals surface area contributed by atoms with Crippen molar-refractivity contribution in [1.29, 1.82) is 0 Å². The van der Waals surface area contributed by atoms with Gasteiger partial charge in [-0.3, -0.25) is 13.6 Å². The van der Waals surface area contributed by atoms with Gasteiger partial charge in [0, 0.05) is 0 Å². The number of rotatable bonds is 13. The summed E-state index contributed by atoms with van der Waals surface area (Å²) in [6.45, 7) is -9.55. The molecule has 4 nitrogen and oxygen atoms in total. The normalized spacial score (nSPS) is 15.6. The van der Waals surface area contributed by atoms with Gasteiger partial charge >= 0.3 is 56.5 Å². The molecule has 0 saturated carbocycles. The Labute approximate surface area is 170 Å². The molecule has 0 aromatic carbocycles. The molecule has 0 atom stereocenters. The Morgan fingerprint density at radius 2 is 0.848 bits per heavy atom. The predicted octanol–water partition coefficient (Wildman–Crippen LogP) is 6.41. The lowest BCUT2D eigenvalue weighted by atomic mass is 10.1. The summed E-state index contributed by atoms with van der Waals surface area (Å²) in [5.41, 5.74) is 0. The fraction of sp³-hybridized carbons (Fsp3) is 1.00. The molecular weight excluding hydrogens is 550 g/mol. The van der Waals surface area contributed by atoms with Crippen molar-refractivity contribution in [2.75, 3.05) is 19.8 Å². The second-order valence-electron chi connectivity index (χ2n) is 5.74. The summed E-state index contributed by atoms with van der Waals surface area (Å²) in [4.78, 5) is 0. The molecule has 0 fully saturated rings. The molecule has 0 amide bonds. The molecule has 0 unspecified atom stereocenters. The highest BCUT2D eigenvalue weighted by atomic mass is 31.2. The number of phosphoric ester groups is 1. The number of phosphoric acid groups is 1. The van der Waals surface area contributed by atoms with Crippen LogP contribution in [0.1, 0.15) is 0 Å². The van der Waals surface area contributed by atoms with Crippen LogP contribution in [-0.2, 0) is 18.1 Å². The average Bonchev–Trinajstić information content (AvgIpc) is 2.62. The van der Waals surface area contributed by atoms with E-state index >= 15 is 0 Å². The van der Waals surface area contributed by atoms with Crippen molar-refractivity contribution >= 4 is 7.82 Å². The third kappa shape index (κ3) is 7.45. The fourth-order valence-electron chi connectivity index (χ4n) is 1.23. The minimum atomic E-state index is -7.52. The van der Waals surface area contributed by atoms with E-state index in [0.29, 0.717) is 0 Å². The standard InChI is InChI=1S/C11H8F17O4P/c12-4(13)6(16,17)1-30-33(29,31-2-7(18,19)5(14)15)32-3-8(20,21)9(22,23)10(24,25)11(26,27)28/h4-5H,1-3H2. The van der Waals surface area contributed by atoms with E-state index in [4.69, 9.17) is 0 Å². The molecule has 200 valence electrons. The Kier molecular flexibility index (Phi) is 9.56. The van der Waals surface area contributed by atoms with Gasteiger partial charge in [-0.2, -0.15) is 57.1 Å². The van der Waals surface area contributed by atoms with Gasteiger partial charge in [0.2, 0.25) is 0 Å². The average molecular weight is 558 g/mol. The molecule has 0 aliphatic carbocycles. The number of hydrogen-bond acceptors (Lipinski definition) is 4. The molecule has 0 radical (unpaired) electrons. The van der Waals surface area contributed by atoms with Crippen LogP contribution in [-0.4, -0.2) is 68.5 Å². The van der Waals surface area contributed by atoms with E-state index in [-0.39, 0.29) is 0 Å². The van der Waals surface area contributed by atoms with Crippen molar-refractivity contribution < 1.29 is 92.8 Å². The quantitative estimate of drug-likeness (QED) is 0.194. The van der Waals surface area contributed by atoms with E-state index < -0.39 is 76.3 Å². The van der Waals surface area contributed by atoms with E-state index in [1.165, 1.54) is 0 Å². The summed E-state index contributed by atoms with van der Waals surface area (Å²) in [5, 5.41) is 0.